The van der Waals surface area contributed by atoms with E-state index in [1.54, 1.807) is 43.5 Å². The Morgan fingerprint density at radius 1 is 1.17 bits per heavy atom. The van der Waals surface area contributed by atoms with E-state index in [1.807, 2.05) is 6.07 Å². The zero-order valence-electron chi connectivity index (χ0n) is 13.5. The maximum atomic E-state index is 12.7. The molecule has 2 aromatic carbocycles. The normalized spacial score (nSPS) is 11.7. The maximum absolute atomic E-state index is 12.7. The molecule has 2 aromatic rings. The molecule has 24 heavy (non-hydrogen) atoms. The van der Waals surface area contributed by atoms with Crippen LogP contribution in [-0.4, -0.2) is 20.0 Å². The summed E-state index contributed by atoms with van der Waals surface area (Å²) in [5, 5.41) is 1.07. The first-order chi connectivity index (χ1) is 11.5. The summed E-state index contributed by atoms with van der Waals surface area (Å²) in [6.07, 6.45) is 1.94. The summed E-state index contributed by atoms with van der Waals surface area (Å²) < 4.78 is 10.5. The lowest BCUT2D eigenvalue weighted by Crippen LogP contribution is -2.08. The molecular weight excluding hydrogens is 347 g/mol. The number of Topliss-reactive ketones (excluding diaryl/α,β-unsaturated/α-hetero) is 1. The van der Waals surface area contributed by atoms with Crippen molar-refractivity contribution in [3.05, 3.63) is 70.2 Å². The van der Waals surface area contributed by atoms with Crippen molar-refractivity contribution in [2.45, 2.75) is 12.3 Å². The average molecular weight is 365 g/mol. The predicted molar refractivity (Wildman–Crippen MR) is 97.9 cm³/mol. The van der Waals surface area contributed by atoms with Crippen LogP contribution in [0.1, 0.15) is 28.3 Å². The van der Waals surface area contributed by atoms with Gasteiger partial charge in [0.05, 0.1) is 19.8 Å². The van der Waals surface area contributed by atoms with Gasteiger partial charge in [-0.05, 0) is 29.8 Å². The molecule has 0 saturated carbocycles. The molecule has 0 amide bonds. The van der Waals surface area contributed by atoms with Crippen molar-refractivity contribution in [1.29, 1.82) is 0 Å². The van der Waals surface area contributed by atoms with Gasteiger partial charge in [-0.3, -0.25) is 4.79 Å². The van der Waals surface area contributed by atoms with Crippen molar-refractivity contribution >= 4 is 29.0 Å². The molecule has 5 heteroatoms. The Morgan fingerprint density at radius 3 is 2.50 bits per heavy atom. The Bertz CT molecular complexity index is 756. The topological polar surface area (TPSA) is 35.5 Å². The minimum Gasteiger partial charge on any atom is -0.497 e. The highest BCUT2D eigenvalue weighted by atomic mass is 35.5. The van der Waals surface area contributed by atoms with Gasteiger partial charge in [0.2, 0.25) is 0 Å². The van der Waals surface area contributed by atoms with Gasteiger partial charge < -0.3 is 9.47 Å². The van der Waals surface area contributed by atoms with Gasteiger partial charge in [-0.1, -0.05) is 35.3 Å². The van der Waals surface area contributed by atoms with Crippen LogP contribution in [0.4, 0.5) is 0 Å². The lowest BCUT2D eigenvalue weighted by molar-refractivity contribution is 0.0975. The van der Waals surface area contributed by atoms with E-state index in [0.717, 1.165) is 5.56 Å². The lowest BCUT2D eigenvalue weighted by Gasteiger charge is -2.15. The van der Waals surface area contributed by atoms with Crippen molar-refractivity contribution in [2.75, 3.05) is 14.2 Å². The third kappa shape index (κ3) is 4.11. The fourth-order valence-electron chi connectivity index (χ4n) is 2.46. The maximum Gasteiger partial charge on any atom is 0.167 e. The molecule has 0 N–H and O–H groups in total. The number of halogens is 2. The van der Waals surface area contributed by atoms with Crippen LogP contribution in [0.2, 0.25) is 10.0 Å². The molecule has 3 nitrogen and oxygen atoms in total. The summed E-state index contributed by atoms with van der Waals surface area (Å²) in [5.41, 5.74) is 1.31. The molecule has 0 aliphatic heterocycles. The number of hydrogen-bond acceptors (Lipinski definition) is 3. The van der Waals surface area contributed by atoms with Gasteiger partial charge in [-0.25, -0.2) is 0 Å². The van der Waals surface area contributed by atoms with E-state index in [4.69, 9.17) is 32.7 Å². The average Bonchev–Trinajstić information content (AvgIpc) is 2.59. The number of carbonyl (C=O) groups is 1. The second-order valence-corrected chi connectivity index (χ2v) is 6.05. The number of carbonyl (C=O) groups excluding carboxylic acids is 1. The van der Waals surface area contributed by atoms with E-state index in [2.05, 4.69) is 6.58 Å². The van der Waals surface area contributed by atoms with Crippen LogP contribution in [0, 0.1) is 0 Å². The van der Waals surface area contributed by atoms with Crippen LogP contribution in [0.3, 0.4) is 0 Å². The smallest absolute Gasteiger partial charge is 0.167 e. The monoisotopic (exact) mass is 364 g/mol. The summed E-state index contributed by atoms with van der Waals surface area (Å²) in [6, 6.07) is 10.3. The SMILES string of the molecule is C=CC(CC(=O)c1ccc(OC)cc1OC)c1ccc(Cl)cc1Cl. The van der Waals surface area contributed by atoms with Crippen molar-refractivity contribution in [3.8, 4) is 11.5 Å². The Kier molecular flexibility index (Phi) is 6.29. The van der Waals surface area contributed by atoms with Gasteiger partial charge in [0.1, 0.15) is 11.5 Å². The van der Waals surface area contributed by atoms with Gasteiger partial charge in [0, 0.05) is 28.5 Å². The minimum atomic E-state index is -0.214. The molecule has 0 aliphatic carbocycles. The molecule has 0 bridgehead atoms. The molecule has 1 atom stereocenters. The summed E-state index contributed by atoms with van der Waals surface area (Å²) in [5.74, 6) is 0.827. The van der Waals surface area contributed by atoms with Crippen LogP contribution < -0.4 is 9.47 Å². The zero-order chi connectivity index (χ0) is 17.7. The number of rotatable bonds is 7. The molecule has 0 radical (unpaired) electrons. The predicted octanol–water partition coefficient (Wildman–Crippen LogP) is 5.55. The highest BCUT2D eigenvalue weighted by Gasteiger charge is 2.20. The van der Waals surface area contributed by atoms with Crippen molar-refractivity contribution in [1.82, 2.24) is 0 Å². The fourth-order valence-corrected chi connectivity index (χ4v) is 3.01. The van der Waals surface area contributed by atoms with Crippen LogP contribution in [-0.2, 0) is 0 Å². The van der Waals surface area contributed by atoms with E-state index in [1.165, 1.54) is 7.11 Å². The van der Waals surface area contributed by atoms with E-state index in [9.17, 15) is 4.79 Å². The van der Waals surface area contributed by atoms with Crippen LogP contribution in [0.5, 0.6) is 11.5 Å². The highest BCUT2D eigenvalue weighted by molar-refractivity contribution is 6.35. The molecule has 0 fully saturated rings. The third-order valence-electron chi connectivity index (χ3n) is 3.76. The number of benzene rings is 2. The molecule has 0 saturated heterocycles. The van der Waals surface area contributed by atoms with Gasteiger partial charge in [-0.2, -0.15) is 0 Å². The molecule has 0 aromatic heterocycles. The second kappa shape index (κ2) is 8.22. The molecule has 126 valence electrons. The molecule has 0 aliphatic rings. The number of ether oxygens (including phenoxy) is 2. The Hall–Kier alpha value is -1.97. The van der Waals surface area contributed by atoms with Gasteiger partial charge in [0.25, 0.3) is 0 Å². The Morgan fingerprint density at radius 2 is 1.92 bits per heavy atom. The Labute approximate surface area is 151 Å². The number of hydrogen-bond donors (Lipinski definition) is 0. The Balaban J connectivity index is 2.28. The number of allylic oxidation sites excluding steroid dienone is 1. The second-order valence-electron chi connectivity index (χ2n) is 5.20. The van der Waals surface area contributed by atoms with Gasteiger partial charge in [-0.15, -0.1) is 6.58 Å². The van der Waals surface area contributed by atoms with E-state index in [-0.39, 0.29) is 18.1 Å². The van der Waals surface area contributed by atoms with Gasteiger partial charge >= 0.3 is 0 Å². The standard InChI is InChI=1S/C19H18Cl2O3/c1-4-12(15-7-5-13(20)10-17(15)21)9-18(22)16-8-6-14(23-2)11-19(16)24-3/h4-8,10-12H,1,9H2,2-3H3. The van der Waals surface area contributed by atoms with E-state index < -0.39 is 0 Å². The largest absolute Gasteiger partial charge is 0.497 e. The first-order valence-corrected chi connectivity index (χ1v) is 8.08. The molecule has 0 heterocycles. The molecule has 0 spiro atoms. The summed E-state index contributed by atoms with van der Waals surface area (Å²) in [7, 11) is 3.08. The summed E-state index contributed by atoms with van der Waals surface area (Å²) in [4.78, 5) is 12.7. The summed E-state index contributed by atoms with van der Waals surface area (Å²) in [6.45, 7) is 3.82. The lowest BCUT2D eigenvalue weighted by atomic mass is 9.91. The zero-order valence-corrected chi connectivity index (χ0v) is 15.0. The van der Waals surface area contributed by atoms with E-state index in [0.29, 0.717) is 27.1 Å². The minimum absolute atomic E-state index is 0.0644. The summed E-state index contributed by atoms with van der Waals surface area (Å²) >= 11 is 12.2. The van der Waals surface area contributed by atoms with Crippen molar-refractivity contribution in [3.63, 3.8) is 0 Å². The van der Waals surface area contributed by atoms with Crippen LogP contribution >= 0.6 is 23.2 Å². The molecule has 1 unspecified atom stereocenters. The van der Waals surface area contributed by atoms with Crippen LogP contribution in [0.15, 0.2) is 49.1 Å². The third-order valence-corrected chi connectivity index (χ3v) is 4.32. The van der Waals surface area contributed by atoms with Crippen LogP contribution in [0.25, 0.3) is 0 Å². The fraction of sp³-hybridized carbons (Fsp3) is 0.211. The molecular formula is C19H18Cl2O3. The van der Waals surface area contributed by atoms with Crippen molar-refractivity contribution < 1.29 is 14.3 Å². The van der Waals surface area contributed by atoms with Crippen molar-refractivity contribution in [2.24, 2.45) is 0 Å². The quantitative estimate of drug-likeness (QED) is 0.476. The number of methoxy groups -OCH3 is 2. The first-order valence-electron chi connectivity index (χ1n) is 7.32. The first kappa shape index (κ1) is 18.4. The molecule has 2 rings (SSSR count). The highest BCUT2D eigenvalue weighted by Crippen LogP contribution is 2.33. The van der Waals surface area contributed by atoms with Gasteiger partial charge in [0.15, 0.2) is 5.78 Å². The van der Waals surface area contributed by atoms with E-state index >= 15 is 0 Å². The number of ketones is 1.